The van der Waals surface area contributed by atoms with Gasteiger partial charge in [-0.15, -0.1) is 0 Å². The van der Waals surface area contributed by atoms with E-state index >= 15 is 0 Å². The number of methoxy groups -OCH3 is 1. The number of ketones is 1. The number of carbonyl (C=O) groups excluding carboxylic acids is 1. The molecule has 2 nitrogen and oxygen atoms in total. The lowest BCUT2D eigenvalue weighted by atomic mass is 10.0. The molecule has 0 spiro atoms. The Labute approximate surface area is 238 Å². The molecule has 5 rings (SSSR count). The highest BCUT2D eigenvalue weighted by molar-refractivity contribution is 7.99. The van der Waals surface area contributed by atoms with E-state index in [1.54, 1.807) is 31.4 Å². The Morgan fingerprint density at radius 3 is 1.77 bits per heavy atom. The van der Waals surface area contributed by atoms with Gasteiger partial charge in [-0.05, 0) is 84.9 Å². The van der Waals surface area contributed by atoms with Crippen LogP contribution in [0.3, 0.4) is 0 Å². The molecule has 5 aromatic rings. The van der Waals surface area contributed by atoms with Crippen molar-refractivity contribution in [2.75, 3.05) is 7.11 Å². The molecule has 0 aliphatic carbocycles. The minimum absolute atomic E-state index is 0.0383. The average Bonchev–Trinajstić information content (AvgIpc) is 2.99. The summed E-state index contributed by atoms with van der Waals surface area (Å²) in [7, 11) is 0.952. The maximum atomic E-state index is 13.2. The van der Waals surface area contributed by atoms with Gasteiger partial charge in [0.2, 0.25) is 0 Å². The predicted molar refractivity (Wildman–Crippen MR) is 153 cm³/mol. The highest BCUT2D eigenvalue weighted by Gasteiger charge is 2.33. The monoisotopic (exact) mass is 573 g/mol. The summed E-state index contributed by atoms with van der Waals surface area (Å²) < 4.78 is 44.9. The van der Waals surface area contributed by atoms with Crippen molar-refractivity contribution in [3.8, 4) is 5.75 Å². The molecule has 0 aliphatic rings. The van der Waals surface area contributed by atoms with Crippen LogP contribution in [0.4, 0.5) is 13.2 Å². The van der Waals surface area contributed by atoms with Crippen molar-refractivity contribution in [1.82, 2.24) is 0 Å². The summed E-state index contributed by atoms with van der Waals surface area (Å²) in [5.41, 5.74) is 0.585. The second-order valence-corrected chi connectivity index (χ2v) is 11.9. The van der Waals surface area contributed by atoms with Gasteiger partial charge >= 0.3 is 6.18 Å². The maximum absolute atomic E-state index is 13.2. The molecule has 5 aromatic carbocycles. The lowest BCUT2D eigenvalue weighted by Crippen LogP contribution is -2.08. The van der Waals surface area contributed by atoms with E-state index in [0.717, 1.165) is 36.6 Å². The van der Waals surface area contributed by atoms with Gasteiger partial charge in [0.25, 0.3) is 0 Å². The van der Waals surface area contributed by atoms with Crippen molar-refractivity contribution in [2.45, 2.75) is 30.7 Å². The quantitative estimate of drug-likeness (QED) is 0.137. The molecule has 40 heavy (non-hydrogen) atoms. The minimum atomic E-state index is -4.39. The van der Waals surface area contributed by atoms with Crippen molar-refractivity contribution in [3.05, 3.63) is 144 Å². The fourth-order valence-electron chi connectivity index (χ4n) is 4.16. The molecule has 0 fully saturated rings. The first-order chi connectivity index (χ1) is 19.3. The van der Waals surface area contributed by atoms with Crippen molar-refractivity contribution in [2.24, 2.45) is 0 Å². The van der Waals surface area contributed by atoms with Gasteiger partial charge in [-0.1, -0.05) is 54.2 Å². The molecule has 0 heterocycles. The summed E-state index contributed by atoms with van der Waals surface area (Å²) in [6.45, 7) is 0. The van der Waals surface area contributed by atoms with Gasteiger partial charge in [0, 0.05) is 20.9 Å². The van der Waals surface area contributed by atoms with Gasteiger partial charge in [0.15, 0.2) is 20.5 Å². The fourth-order valence-corrected chi connectivity index (χ4v) is 7.14. The summed E-state index contributed by atoms with van der Waals surface area (Å²) in [6, 6.07) is 37.6. The van der Waals surface area contributed by atoms with Crippen LogP contribution in [-0.4, -0.2) is 12.9 Å². The maximum Gasteiger partial charge on any atom is 0.416 e. The summed E-state index contributed by atoms with van der Waals surface area (Å²) >= 11 is 1.50. The van der Waals surface area contributed by atoms with Crippen LogP contribution in [0.2, 0.25) is 0 Å². The number of rotatable bonds is 8. The van der Waals surface area contributed by atoms with Crippen LogP contribution in [0, 0.1) is 0 Å². The lowest BCUT2D eigenvalue weighted by Gasteiger charge is -2.12. The molecular weight excluding hydrogens is 549 g/mol. The SMILES string of the molecule is COc1ccc([S+](c2ccc(Sc3ccccc3C(=O)c3ccccc3)cc2)c2ccc(C(F)(F)F)cc2)cc1. The molecule has 0 aromatic heterocycles. The average molecular weight is 574 g/mol. The van der Waals surface area contributed by atoms with Gasteiger partial charge in [-0.2, -0.15) is 13.2 Å². The minimum Gasteiger partial charge on any atom is -0.497 e. The number of hydrogen-bond acceptors (Lipinski definition) is 3. The normalized spacial score (nSPS) is 12.1. The van der Waals surface area contributed by atoms with Crippen LogP contribution in [0.1, 0.15) is 21.5 Å². The molecule has 0 saturated heterocycles. The zero-order valence-corrected chi connectivity index (χ0v) is 23.0. The number of halogens is 3. The summed E-state index contributed by atoms with van der Waals surface area (Å²) in [6.07, 6.45) is -4.39. The summed E-state index contributed by atoms with van der Waals surface area (Å²) in [5, 5.41) is 0. The van der Waals surface area contributed by atoms with E-state index in [1.165, 1.54) is 11.8 Å². The fraction of sp³-hybridized carbons (Fsp3) is 0.0606. The zero-order chi connectivity index (χ0) is 28.1. The first-order valence-electron chi connectivity index (χ1n) is 12.4. The molecule has 1 atom stereocenters. The Morgan fingerprint density at radius 2 is 1.20 bits per heavy atom. The molecule has 0 amide bonds. The predicted octanol–water partition coefficient (Wildman–Crippen LogP) is 9.19. The molecule has 0 radical (unpaired) electrons. The largest absolute Gasteiger partial charge is 0.497 e. The first-order valence-corrected chi connectivity index (χ1v) is 14.4. The molecule has 0 saturated carbocycles. The Morgan fingerprint density at radius 1 is 0.675 bits per heavy atom. The van der Waals surface area contributed by atoms with E-state index < -0.39 is 22.6 Å². The van der Waals surface area contributed by atoms with Gasteiger partial charge in [0.05, 0.1) is 23.6 Å². The summed E-state index contributed by atoms with van der Waals surface area (Å²) in [5.74, 6) is 0.666. The van der Waals surface area contributed by atoms with Crippen LogP contribution in [-0.2, 0) is 17.1 Å². The second kappa shape index (κ2) is 12.1. The van der Waals surface area contributed by atoms with Crippen LogP contribution in [0.5, 0.6) is 5.75 Å². The number of alkyl halides is 3. The smallest absolute Gasteiger partial charge is 0.416 e. The Kier molecular flexibility index (Phi) is 8.33. The van der Waals surface area contributed by atoms with Gasteiger partial charge in [-0.3, -0.25) is 4.79 Å². The molecule has 0 N–H and O–H groups in total. The van der Waals surface area contributed by atoms with Crippen molar-refractivity contribution in [1.29, 1.82) is 0 Å². The topological polar surface area (TPSA) is 26.3 Å². The van der Waals surface area contributed by atoms with Gasteiger partial charge in [0.1, 0.15) is 5.75 Å². The highest BCUT2D eigenvalue weighted by Crippen LogP contribution is 2.37. The zero-order valence-electron chi connectivity index (χ0n) is 21.4. The van der Waals surface area contributed by atoms with E-state index in [-0.39, 0.29) is 5.78 Å². The third-order valence-corrected chi connectivity index (χ3v) is 9.48. The van der Waals surface area contributed by atoms with E-state index in [9.17, 15) is 18.0 Å². The van der Waals surface area contributed by atoms with Crippen molar-refractivity contribution < 1.29 is 22.7 Å². The van der Waals surface area contributed by atoms with E-state index in [2.05, 4.69) is 0 Å². The summed E-state index contributed by atoms with van der Waals surface area (Å²) in [4.78, 5) is 17.6. The van der Waals surface area contributed by atoms with E-state index in [0.29, 0.717) is 16.9 Å². The number of carbonyl (C=O) groups is 1. The Bertz CT molecular complexity index is 1580. The Hall–Kier alpha value is -3.94. The van der Waals surface area contributed by atoms with Crippen molar-refractivity contribution >= 4 is 28.4 Å². The molecule has 1 unspecified atom stereocenters. The van der Waals surface area contributed by atoms with Crippen LogP contribution in [0.25, 0.3) is 0 Å². The lowest BCUT2D eigenvalue weighted by molar-refractivity contribution is -0.137. The third kappa shape index (κ3) is 6.27. The number of benzene rings is 5. The van der Waals surface area contributed by atoms with Crippen LogP contribution < -0.4 is 4.74 Å². The second-order valence-electron chi connectivity index (χ2n) is 8.77. The molecular formula is C33H24F3O2S2+. The first kappa shape index (κ1) is 27.6. The molecule has 200 valence electrons. The standard InChI is InChI=1S/C33H24F3O2S2/c1-38-25-13-19-28(20-14-25)40(27-17-11-24(12-18-27)33(34,35)36)29-21-15-26(16-22-29)39-31-10-6-5-9-30(31)32(37)23-7-3-2-4-8-23/h2-22H,1H3/q+1. The molecule has 0 aliphatic heterocycles. The van der Waals surface area contributed by atoms with E-state index in [4.69, 9.17) is 4.74 Å². The molecule has 0 bridgehead atoms. The highest BCUT2D eigenvalue weighted by atomic mass is 32.2. The molecule has 7 heteroatoms. The van der Waals surface area contributed by atoms with Crippen molar-refractivity contribution in [3.63, 3.8) is 0 Å². The third-order valence-electron chi connectivity index (χ3n) is 6.17. The van der Waals surface area contributed by atoms with E-state index in [1.807, 2.05) is 91.0 Å². The van der Waals surface area contributed by atoms with Gasteiger partial charge < -0.3 is 4.74 Å². The van der Waals surface area contributed by atoms with Crippen LogP contribution >= 0.6 is 11.8 Å². The number of ether oxygens (including phenoxy) is 1. The number of hydrogen-bond donors (Lipinski definition) is 0. The van der Waals surface area contributed by atoms with Crippen LogP contribution in [0.15, 0.2) is 152 Å². The Balaban J connectivity index is 1.45. The van der Waals surface area contributed by atoms with Gasteiger partial charge in [-0.25, -0.2) is 0 Å².